The monoisotopic (exact) mass is 235 g/mol. The third kappa shape index (κ3) is 2.59. The first kappa shape index (κ1) is 12.0. The first-order valence-corrected chi connectivity index (χ1v) is 5.82. The second kappa shape index (κ2) is 5.70. The molecule has 18 heavy (non-hydrogen) atoms. The lowest BCUT2D eigenvalue weighted by atomic mass is 10.1. The van der Waals surface area contributed by atoms with Gasteiger partial charge in [0, 0.05) is 18.4 Å². The minimum Gasteiger partial charge on any atom is -0.370 e. The summed E-state index contributed by atoms with van der Waals surface area (Å²) in [6.45, 7) is 0.764. The van der Waals surface area contributed by atoms with Gasteiger partial charge in [-0.3, -0.25) is 0 Å². The summed E-state index contributed by atoms with van der Waals surface area (Å²) < 4.78 is 0. The zero-order chi connectivity index (χ0) is 12.8. The predicted octanol–water partition coefficient (Wildman–Crippen LogP) is 2.93. The second-order valence-corrected chi connectivity index (χ2v) is 3.92. The lowest BCUT2D eigenvalue weighted by Crippen LogP contribution is -2.03. The van der Waals surface area contributed by atoms with Gasteiger partial charge in [-0.25, -0.2) is 4.98 Å². The fraction of sp³-hybridized carbons (Fsp3) is 0.200. The zero-order valence-corrected chi connectivity index (χ0v) is 9.98. The van der Waals surface area contributed by atoms with E-state index in [0.29, 0.717) is 5.56 Å². The molecule has 0 atom stereocenters. The second-order valence-electron chi connectivity index (χ2n) is 3.92. The van der Waals surface area contributed by atoms with E-state index in [-0.39, 0.29) is 0 Å². The Bertz CT molecular complexity index is 632. The van der Waals surface area contributed by atoms with E-state index in [4.69, 9.17) is 11.7 Å². The summed E-state index contributed by atoms with van der Waals surface area (Å²) in [6.07, 6.45) is 6.83. The van der Waals surface area contributed by atoms with Crippen LogP contribution in [0.3, 0.4) is 0 Å². The number of nitrogens with zero attached hydrogens (tertiary/aromatic N) is 2. The summed E-state index contributed by atoms with van der Waals surface area (Å²) in [5, 5.41) is 13.2. The summed E-state index contributed by atoms with van der Waals surface area (Å²) in [6, 6.07) is 11.6. The van der Waals surface area contributed by atoms with Gasteiger partial charge in [-0.05, 0) is 18.6 Å². The summed E-state index contributed by atoms with van der Waals surface area (Å²) in [5.41, 5.74) is 1.47. The molecule has 3 heteroatoms. The van der Waals surface area contributed by atoms with Crippen molar-refractivity contribution >= 4 is 16.7 Å². The maximum Gasteiger partial charge on any atom is 0.127 e. The van der Waals surface area contributed by atoms with Crippen molar-refractivity contribution in [3.63, 3.8) is 0 Å². The first-order chi connectivity index (χ1) is 8.85. The first-order valence-electron chi connectivity index (χ1n) is 5.82. The highest BCUT2D eigenvalue weighted by atomic mass is 15.0. The van der Waals surface area contributed by atoms with Crippen LogP contribution in [-0.4, -0.2) is 11.5 Å². The number of para-hydroxylation sites is 1. The number of nitrogens with one attached hydrogen (secondary N) is 1. The van der Waals surface area contributed by atoms with Crippen molar-refractivity contribution in [1.82, 2.24) is 4.98 Å². The number of rotatable bonds is 4. The van der Waals surface area contributed by atoms with E-state index in [1.54, 1.807) is 6.07 Å². The molecule has 1 N–H and O–H groups in total. The standard InChI is InChI=1S/C15H13N3/c1-2-3-6-9-17-15-10-12(11-16)13-7-4-5-8-14(13)18-15/h1,4-5,7-8,10H,3,6,9H2,(H,17,18). The molecule has 3 nitrogen and oxygen atoms in total. The number of fused-ring (bicyclic) bond motifs is 1. The summed E-state index contributed by atoms with van der Waals surface area (Å²) in [4.78, 5) is 4.47. The molecule has 1 heterocycles. The molecule has 0 bridgehead atoms. The fourth-order valence-corrected chi connectivity index (χ4v) is 1.77. The average Bonchev–Trinajstić information content (AvgIpc) is 2.42. The van der Waals surface area contributed by atoms with E-state index in [1.165, 1.54) is 0 Å². The smallest absolute Gasteiger partial charge is 0.127 e. The van der Waals surface area contributed by atoms with Gasteiger partial charge in [0.1, 0.15) is 5.82 Å². The van der Waals surface area contributed by atoms with Crippen LogP contribution in [-0.2, 0) is 0 Å². The Labute approximate surface area is 106 Å². The molecule has 0 saturated heterocycles. The lowest BCUT2D eigenvalue weighted by molar-refractivity contribution is 0.902. The molecule has 0 aliphatic rings. The Morgan fingerprint density at radius 2 is 2.17 bits per heavy atom. The number of unbranched alkanes of at least 4 members (excludes halogenated alkanes) is 1. The van der Waals surface area contributed by atoms with Crippen LogP contribution in [0, 0.1) is 23.7 Å². The highest BCUT2D eigenvalue weighted by molar-refractivity contribution is 5.86. The molecule has 0 radical (unpaired) electrons. The lowest BCUT2D eigenvalue weighted by Gasteiger charge is -2.07. The molecule has 0 amide bonds. The largest absolute Gasteiger partial charge is 0.370 e. The van der Waals surface area contributed by atoms with Crippen LogP contribution >= 0.6 is 0 Å². The van der Waals surface area contributed by atoms with E-state index >= 15 is 0 Å². The van der Waals surface area contributed by atoms with E-state index in [0.717, 1.165) is 36.1 Å². The topological polar surface area (TPSA) is 48.7 Å². The number of terminal acetylenes is 1. The molecule has 0 fully saturated rings. The van der Waals surface area contributed by atoms with Gasteiger partial charge in [-0.15, -0.1) is 12.3 Å². The van der Waals surface area contributed by atoms with E-state index in [1.807, 2.05) is 24.3 Å². The number of hydrogen-bond acceptors (Lipinski definition) is 3. The highest BCUT2D eigenvalue weighted by Crippen LogP contribution is 2.19. The van der Waals surface area contributed by atoms with Crippen LogP contribution in [0.5, 0.6) is 0 Å². The Morgan fingerprint density at radius 3 is 2.94 bits per heavy atom. The Kier molecular flexibility index (Phi) is 3.79. The number of nitriles is 1. The van der Waals surface area contributed by atoms with Crippen LogP contribution in [0.2, 0.25) is 0 Å². The minimum atomic E-state index is 0.639. The molecule has 2 aromatic rings. The Balaban J connectivity index is 2.25. The maximum absolute atomic E-state index is 9.14. The molecule has 1 aromatic carbocycles. The van der Waals surface area contributed by atoms with Crippen molar-refractivity contribution in [3.05, 3.63) is 35.9 Å². The number of benzene rings is 1. The van der Waals surface area contributed by atoms with Gasteiger partial charge in [0.05, 0.1) is 17.1 Å². The molecule has 1 aromatic heterocycles. The van der Waals surface area contributed by atoms with Crippen LogP contribution in [0.4, 0.5) is 5.82 Å². The van der Waals surface area contributed by atoms with Gasteiger partial charge in [0.2, 0.25) is 0 Å². The molecular weight excluding hydrogens is 222 g/mol. The van der Waals surface area contributed by atoms with Crippen molar-refractivity contribution in [2.75, 3.05) is 11.9 Å². The third-order valence-electron chi connectivity index (χ3n) is 2.64. The Hall–Kier alpha value is -2.52. The molecule has 0 aliphatic heterocycles. The van der Waals surface area contributed by atoms with Crippen LogP contribution in [0.1, 0.15) is 18.4 Å². The average molecular weight is 235 g/mol. The number of aromatic nitrogens is 1. The number of anilines is 1. The normalized spacial score (nSPS) is 9.67. The van der Waals surface area contributed by atoms with Gasteiger partial charge >= 0.3 is 0 Å². The molecular formula is C15H13N3. The Morgan fingerprint density at radius 1 is 1.33 bits per heavy atom. The maximum atomic E-state index is 9.14. The van der Waals surface area contributed by atoms with Crippen molar-refractivity contribution in [2.45, 2.75) is 12.8 Å². The molecule has 0 aliphatic carbocycles. The van der Waals surface area contributed by atoms with Gasteiger partial charge in [-0.2, -0.15) is 5.26 Å². The molecule has 0 saturated carbocycles. The SMILES string of the molecule is C#CCCCNc1cc(C#N)c2ccccc2n1. The van der Waals surface area contributed by atoms with Crippen molar-refractivity contribution < 1.29 is 0 Å². The summed E-state index contributed by atoms with van der Waals surface area (Å²) in [5.74, 6) is 3.32. The van der Waals surface area contributed by atoms with Crippen LogP contribution in [0.15, 0.2) is 30.3 Å². The highest BCUT2D eigenvalue weighted by Gasteiger charge is 2.04. The van der Waals surface area contributed by atoms with E-state index in [2.05, 4.69) is 22.3 Å². The van der Waals surface area contributed by atoms with Crippen molar-refractivity contribution in [3.8, 4) is 18.4 Å². The van der Waals surface area contributed by atoms with Crippen molar-refractivity contribution in [2.24, 2.45) is 0 Å². The fourth-order valence-electron chi connectivity index (χ4n) is 1.77. The summed E-state index contributed by atoms with van der Waals surface area (Å²) in [7, 11) is 0. The van der Waals surface area contributed by atoms with Gasteiger partial charge in [0.25, 0.3) is 0 Å². The molecule has 0 unspecified atom stereocenters. The van der Waals surface area contributed by atoms with Crippen molar-refractivity contribution in [1.29, 1.82) is 5.26 Å². The molecule has 88 valence electrons. The third-order valence-corrected chi connectivity index (χ3v) is 2.64. The van der Waals surface area contributed by atoms with Gasteiger partial charge in [0.15, 0.2) is 0 Å². The van der Waals surface area contributed by atoms with E-state index < -0.39 is 0 Å². The van der Waals surface area contributed by atoms with Crippen LogP contribution < -0.4 is 5.32 Å². The number of pyridine rings is 1. The number of hydrogen-bond donors (Lipinski definition) is 1. The van der Waals surface area contributed by atoms with Gasteiger partial charge in [-0.1, -0.05) is 18.2 Å². The minimum absolute atomic E-state index is 0.639. The zero-order valence-electron chi connectivity index (χ0n) is 9.98. The summed E-state index contributed by atoms with van der Waals surface area (Å²) >= 11 is 0. The predicted molar refractivity (Wildman–Crippen MR) is 73.0 cm³/mol. The molecule has 2 rings (SSSR count). The van der Waals surface area contributed by atoms with Gasteiger partial charge < -0.3 is 5.32 Å². The van der Waals surface area contributed by atoms with Crippen LogP contribution in [0.25, 0.3) is 10.9 Å². The quantitative estimate of drug-likeness (QED) is 0.654. The van der Waals surface area contributed by atoms with E-state index in [9.17, 15) is 0 Å². The molecule has 0 spiro atoms.